The molecule has 1 heterocycles. The van der Waals surface area contributed by atoms with Crippen LogP contribution in [0.5, 0.6) is 0 Å². The molecule has 0 saturated heterocycles. The van der Waals surface area contributed by atoms with Gasteiger partial charge in [-0.1, -0.05) is 12.8 Å². The zero-order valence-corrected chi connectivity index (χ0v) is 13.8. The summed E-state index contributed by atoms with van der Waals surface area (Å²) >= 11 is 0. The first-order chi connectivity index (χ1) is 11.3. The number of aromatic amines is 1. The molecule has 3 rings (SSSR count). The average molecular weight is 332 g/mol. The van der Waals surface area contributed by atoms with Crippen molar-refractivity contribution in [2.45, 2.75) is 45.1 Å². The van der Waals surface area contributed by atoms with Gasteiger partial charge in [0.05, 0.1) is 11.5 Å². The number of carboxylic acid groups (broad SMARTS) is 1. The normalized spacial score (nSPS) is 24.0. The van der Waals surface area contributed by atoms with Crippen LogP contribution in [0.25, 0.3) is 10.9 Å². The Morgan fingerprint density at radius 2 is 2.08 bits per heavy atom. The lowest BCUT2D eigenvalue weighted by Crippen LogP contribution is -2.55. The highest BCUT2D eigenvalue weighted by atomic mass is 19.1. The number of hydrogen-bond acceptors (Lipinski definition) is 2. The van der Waals surface area contributed by atoms with E-state index in [2.05, 4.69) is 10.3 Å². The summed E-state index contributed by atoms with van der Waals surface area (Å²) in [5.74, 6) is -2.20. The number of fused-ring (bicyclic) bond motifs is 1. The van der Waals surface area contributed by atoms with Crippen molar-refractivity contribution in [3.05, 3.63) is 35.3 Å². The number of rotatable bonds is 3. The molecule has 1 aromatic carbocycles. The second-order valence-electron chi connectivity index (χ2n) is 6.88. The van der Waals surface area contributed by atoms with Gasteiger partial charge in [-0.2, -0.15) is 0 Å². The van der Waals surface area contributed by atoms with E-state index in [9.17, 15) is 19.1 Å². The van der Waals surface area contributed by atoms with Gasteiger partial charge in [-0.3, -0.25) is 9.59 Å². The maximum absolute atomic E-state index is 13.5. The van der Waals surface area contributed by atoms with E-state index in [-0.39, 0.29) is 11.7 Å². The van der Waals surface area contributed by atoms with Gasteiger partial charge in [-0.05, 0) is 50.5 Å². The molecule has 1 aliphatic rings. The standard InChI is InChI=1S/C18H21FN2O3/c1-10-7-11(19)8-14-12(10)9-15(20-14)16(22)21-18(2)6-4-3-5-13(18)17(23)24/h7-9,13,20H,3-6H2,1-2H3,(H,21,22)(H,23,24). The SMILES string of the molecule is Cc1cc(F)cc2[nH]c(C(=O)NC3(C)CCCCC3C(=O)O)cc12. The number of H-pyrrole nitrogens is 1. The predicted octanol–water partition coefficient (Wildman–Crippen LogP) is 3.38. The average Bonchev–Trinajstić information content (AvgIpc) is 2.91. The molecule has 0 radical (unpaired) electrons. The Morgan fingerprint density at radius 1 is 1.33 bits per heavy atom. The number of amides is 1. The van der Waals surface area contributed by atoms with E-state index in [1.54, 1.807) is 19.9 Å². The Labute approximate surface area is 139 Å². The molecular formula is C18H21FN2O3. The van der Waals surface area contributed by atoms with Gasteiger partial charge in [-0.25, -0.2) is 4.39 Å². The van der Waals surface area contributed by atoms with Gasteiger partial charge in [0.15, 0.2) is 0 Å². The van der Waals surface area contributed by atoms with Gasteiger partial charge in [0.1, 0.15) is 11.5 Å². The number of halogens is 1. The topological polar surface area (TPSA) is 82.2 Å². The van der Waals surface area contributed by atoms with Crippen molar-refractivity contribution in [2.24, 2.45) is 5.92 Å². The Morgan fingerprint density at radius 3 is 2.79 bits per heavy atom. The van der Waals surface area contributed by atoms with Crippen LogP contribution in [0.3, 0.4) is 0 Å². The molecule has 1 amide bonds. The number of carbonyl (C=O) groups excluding carboxylic acids is 1. The van der Waals surface area contributed by atoms with E-state index >= 15 is 0 Å². The number of carbonyl (C=O) groups is 2. The van der Waals surface area contributed by atoms with Crippen molar-refractivity contribution in [3.63, 3.8) is 0 Å². The fourth-order valence-corrected chi connectivity index (χ4v) is 3.70. The lowest BCUT2D eigenvalue weighted by Gasteiger charge is -2.39. The molecule has 1 aliphatic carbocycles. The Balaban J connectivity index is 1.89. The summed E-state index contributed by atoms with van der Waals surface area (Å²) in [5.41, 5.74) is 0.835. The molecule has 0 aliphatic heterocycles. The minimum atomic E-state index is -0.882. The van der Waals surface area contributed by atoms with Crippen LogP contribution in [0.2, 0.25) is 0 Å². The van der Waals surface area contributed by atoms with Crippen LogP contribution >= 0.6 is 0 Å². The minimum absolute atomic E-state index is 0.314. The summed E-state index contributed by atoms with van der Waals surface area (Å²) in [6.45, 7) is 3.57. The van der Waals surface area contributed by atoms with Crippen molar-refractivity contribution >= 4 is 22.8 Å². The molecule has 1 saturated carbocycles. The molecule has 24 heavy (non-hydrogen) atoms. The summed E-state index contributed by atoms with van der Waals surface area (Å²) in [5, 5.41) is 13.1. The lowest BCUT2D eigenvalue weighted by atomic mass is 9.74. The number of carboxylic acids is 1. The molecule has 2 aromatic rings. The summed E-state index contributed by atoms with van der Waals surface area (Å²) in [4.78, 5) is 27.1. The highest BCUT2D eigenvalue weighted by Gasteiger charge is 2.42. The fourth-order valence-electron chi connectivity index (χ4n) is 3.70. The molecule has 2 unspecified atom stereocenters. The summed E-state index contributed by atoms with van der Waals surface area (Å²) in [6, 6.07) is 4.45. The molecule has 128 valence electrons. The third-order valence-corrected chi connectivity index (χ3v) is 5.06. The first-order valence-corrected chi connectivity index (χ1v) is 8.14. The summed E-state index contributed by atoms with van der Waals surface area (Å²) in [7, 11) is 0. The second kappa shape index (κ2) is 5.92. The largest absolute Gasteiger partial charge is 0.481 e. The lowest BCUT2D eigenvalue weighted by molar-refractivity contribution is -0.145. The number of nitrogens with one attached hydrogen (secondary N) is 2. The molecule has 6 heteroatoms. The number of hydrogen-bond donors (Lipinski definition) is 3. The second-order valence-corrected chi connectivity index (χ2v) is 6.88. The van der Waals surface area contributed by atoms with Crippen LogP contribution in [0.15, 0.2) is 18.2 Å². The van der Waals surface area contributed by atoms with Crippen LogP contribution < -0.4 is 5.32 Å². The van der Waals surface area contributed by atoms with E-state index < -0.39 is 17.4 Å². The molecule has 5 nitrogen and oxygen atoms in total. The van der Waals surface area contributed by atoms with Crippen molar-refractivity contribution in [1.82, 2.24) is 10.3 Å². The molecule has 0 spiro atoms. The quantitative estimate of drug-likeness (QED) is 0.806. The van der Waals surface area contributed by atoms with E-state index in [4.69, 9.17) is 0 Å². The number of aryl methyl sites for hydroxylation is 1. The Bertz CT molecular complexity index is 814. The van der Waals surface area contributed by atoms with E-state index in [0.29, 0.717) is 24.1 Å². The zero-order valence-electron chi connectivity index (χ0n) is 13.8. The van der Waals surface area contributed by atoms with Gasteiger partial charge in [0.2, 0.25) is 0 Å². The number of aromatic nitrogens is 1. The third kappa shape index (κ3) is 2.88. The van der Waals surface area contributed by atoms with Crippen molar-refractivity contribution in [3.8, 4) is 0 Å². The first-order valence-electron chi connectivity index (χ1n) is 8.14. The molecule has 3 N–H and O–H groups in total. The molecule has 1 fully saturated rings. The van der Waals surface area contributed by atoms with Crippen LogP contribution in [0.4, 0.5) is 4.39 Å². The highest BCUT2D eigenvalue weighted by Crippen LogP contribution is 2.34. The maximum atomic E-state index is 13.5. The van der Waals surface area contributed by atoms with Crippen LogP contribution in [0, 0.1) is 18.7 Å². The van der Waals surface area contributed by atoms with Crippen molar-refractivity contribution in [1.29, 1.82) is 0 Å². The smallest absolute Gasteiger partial charge is 0.308 e. The summed E-state index contributed by atoms with van der Waals surface area (Å²) in [6.07, 6.45) is 2.93. The maximum Gasteiger partial charge on any atom is 0.308 e. The van der Waals surface area contributed by atoms with Crippen molar-refractivity contribution in [2.75, 3.05) is 0 Å². The first kappa shape index (κ1) is 16.5. The number of benzene rings is 1. The fraction of sp³-hybridized carbons (Fsp3) is 0.444. The summed E-state index contributed by atoms with van der Waals surface area (Å²) < 4.78 is 13.5. The van der Waals surface area contributed by atoms with Crippen molar-refractivity contribution < 1.29 is 19.1 Å². The molecule has 0 bridgehead atoms. The Kier molecular flexibility index (Phi) is 4.07. The van der Waals surface area contributed by atoms with Gasteiger partial charge in [0.25, 0.3) is 5.91 Å². The minimum Gasteiger partial charge on any atom is -0.481 e. The number of aliphatic carboxylic acids is 1. The van der Waals surface area contributed by atoms with Gasteiger partial charge < -0.3 is 15.4 Å². The van der Waals surface area contributed by atoms with Crippen LogP contribution in [-0.2, 0) is 4.79 Å². The molecular weight excluding hydrogens is 311 g/mol. The van der Waals surface area contributed by atoms with Crippen LogP contribution in [-0.4, -0.2) is 27.5 Å². The van der Waals surface area contributed by atoms with E-state index in [1.807, 2.05) is 0 Å². The highest BCUT2D eigenvalue weighted by molar-refractivity contribution is 5.99. The van der Waals surface area contributed by atoms with Crippen LogP contribution in [0.1, 0.15) is 48.7 Å². The molecule has 2 atom stereocenters. The van der Waals surface area contributed by atoms with E-state index in [0.717, 1.165) is 23.8 Å². The zero-order chi connectivity index (χ0) is 17.5. The van der Waals surface area contributed by atoms with E-state index in [1.165, 1.54) is 12.1 Å². The third-order valence-electron chi connectivity index (χ3n) is 5.06. The monoisotopic (exact) mass is 332 g/mol. The molecule has 1 aromatic heterocycles. The van der Waals surface area contributed by atoms with Gasteiger partial charge >= 0.3 is 5.97 Å². The van der Waals surface area contributed by atoms with Gasteiger partial charge in [-0.15, -0.1) is 0 Å². The predicted molar refractivity (Wildman–Crippen MR) is 88.5 cm³/mol. The Hall–Kier alpha value is -2.37. The van der Waals surface area contributed by atoms with Gasteiger partial charge in [0, 0.05) is 10.9 Å².